The number of nitrogens with one attached hydrogen (secondary N) is 1. The van der Waals surface area contributed by atoms with Gasteiger partial charge < -0.3 is 15.0 Å². The molecular formula is C19H29N5O2S. The number of rotatable bonds is 8. The largest absolute Gasteiger partial charge is 0.382 e. The van der Waals surface area contributed by atoms with Crippen LogP contribution in [-0.4, -0.2) is 53.5 Å². The number of carbonyl (C=O) groups excluding carboxylic acids is 1. The van der Waals surface area contributed by atoms with Crippen LogP contribution in [0.1, 0.15) is 37.6 Å². The second kappa shape index (κ2) is 9.32. The Kier molecular flexibility index (Phi) is 6.84. The summed E-state index contributed by atoms with van der Waals surface area (Å²) in [5.41, 5.74) is 2.32. The average Bonchev–Trinajstić information content (AvgIpc) is 3.28. The molecule has 1 N–H and O–H groups in total. The summed E-state index contributed by atoms with van der Waals surface area (Å²) in [6, 6.07) is 4.18. The van der Waals surface area contributed by atoms with Crippen LogP contribution in [0.15, 0.2) is 12.1 Å². The molecule has 1 saturated heterocycles. The molecule has 0 unspecified atom stereocenters. The number of amides is 1. The highest BCUT2D eigenvalue weighted by Crippen LogP contribution is 2.29. The molecule has 7 nitrogen and oxygen atoms in total. The summed E-state index contributed by atoms with van der Waals surface area (Å²) < 4.78 is 7.42. The summed E-state index contributed by atoms with van der Waals surface area (Å²) in [7, 11) is 0. The van der Waals surface area contributed by atoms with Crippen LogP contribution in [-0.2, 0) is 9.53 Å². The monoisotopic (exact) mass is 391 g/mol. The van der Waals surface area contributed by atoms with Crippen molar-refractivity contribution in [3.63, 3.8) is 0 Å². The third-order valence-electron chi connectivity index (χ3n) is 4.97. The fourth-order valence-corrected chi connectivity index (χ4v) is 4.42. The van der Waals surface area contributed by atoms with Gasteiger partial charge in [-0.1, -0.05) is 11.3 Å². The lowest BCUT2D eigenvalue weighted by Crippen LogP contribution is -2.40. The topological polar surface area (TPSA) is 72.3 Å². The van der Waals surface area contributed by atoms with Crippen LogP contribution in [0.2, 0.25) is 0 Å². The van der Waals surface area contributed by atoms with E-state index in [1.807, 2.05) is 6.92 Å². The molecule has 3 rings (SSSR count). The van der Waals surface area contributed by atoms with E-state index in [1.54, 1.807) is 11.3 Å². The van der Waals surface area contributed by atoms with Crippen LogP contribution in [0.3, 0.4) is 0 Å². The van der Waals surface area contributed by atoms with E-state index in [4.69, 9.17) is 4.74 Å². The van der Waals surface area contributed by atoms with E-state index in [0.717, 1.165) is 60.6 Å². The molecule has 0 spiro atoms. The third kappa shape index (κ3) is 4.87. The van der Waals surface area contributed by atoms with Crippen molar-refractivity contribution in [3.05, 3.63) is 23.5 Å². The minimum atomic E-state index is 0.0923. The molecule has 0 radical (unpaired) electrons. The Balaban J connectivity index is 1.49. The minimum Gasteiger partial charge on any atom is -0.382 e. The SMILES string of the molecule is CCOCCCNC(=O)C1CCN(c2nnc(-n3c(C)ccc3C)s2)CC1. The van der Waals surface area contributed by atoms with Crippen LogP contribution in [0, 0.1) is 19.8 Å². The summed E-state index contributed by atoms with van der Waals surface area (Å²) in [6.07, 6.45) is 2.58. The fourth-order valence-electron chi connectivity index (χ4n) is 3.40. The number of ether oxygens (including phenoxy) is 1. The smallest absolute Gasteiger partial charge is 0.223 e. The van der Waals surface area contributed by atoms with Gasteiger partial charge in [-0.25, -0.2) is 0 Å². The highest BCUT2D eigenvalue weighted by molar-refractivity contribution is 7.17. The van der Waals surface area contributed by atoms with Crippen molar-refractivity contribution in [2.24, 2.45) is 5.92 Å². The van der Waals surface area contributed by atoms with E-state index in [-0.39, 0.29) is 11.8 Å². The lowest BCUT2D eigenvalue weighted by atomic mass is 9.96. The van der Waals surface area contributed by atoms with Gasteiger partial charge in [0, 0.05) is 50.2 Å². The predicted molar refractivity (Wildman–Crippen MR) is 108 cm³/mol. The summed E-state index contributed by atoms with van der Waals surface area (Å²) in [4.78, 5) is 14.6. The Bertz CT molecular complexity index is 730. The van der Waals surface area contributed by atoms with Crippen molar-refractivity contribution < 1.29 is 9.53 Å². The first-order valence-corrected chi connectivity index (χ1v) is 10.5. The first-order chi connectivity index (χ1) is 13.1. The molecule has 0 aromatic carbocycles. The highest BCUT2D eigenvalue weighted by atomic mass is 32.1. The number of aryl methyl sites for hydroxylation is 2. The molecule has 148 valence electrons. The molecule has 0 atom stereocenters. The van der Waals surface area contributed by atoms with Crippen LogP contribution in [0.4, 0.5) is 5.13 Å². The number of hydrogen-bond acceptors (Lipinski definition) is 6. The maximum Gasteiger partial charge on any atom is 0.223 e. The molecule has 0 bridgehead atoms. The second-order valence-electron chi connectivity index (χ2n) is 6.92. The summed E-state index contributed by atoms with van der Waals surface area (Å²) in [5, 5.41) is 13.6. The van der Waals surface area contributed by atoms with Crippen molar-refractivity contribution in [1.82, 2.24) is 20.1 Å². The van der Waals surface area contributed by atoms with Crippen molar-refractivity contribution in [2.45, 2.75) is 40.0 Å². The lowest BCUT2D eigenvalue weighted by molar-refractivity contribution is -0.125. The van der Waals surface area contributed by atoms with Crippen LogP contribution in [0.25, 0.3) is 5.13 Å². The molecule has 8 heteroatoms. The Hall–Kier alpha value is -1.93. The number of carbonyl (C=O) groups is 1. The lowest BCUT2D eigenvalue weighted by Gasteiger charge is -2.30. The Labute approximate surface area is 164 Å². The number of nitrogens with zero attached hydrogens (tertiary/aromatic N) is 4. The molecule has 27 heavy (non-hydrogen) atoms. The normalized spacial score (nSPS) is 15.3. The maximum absolute atomic E-state index is 12.3. The number of aromatic nitrogens is 3. The van der Waals surface area contributed by atoms with Crippen molar-refractivity contribution in [1.29, 1.82) is 0 Å². The van der Waals surface area contributed by atoms with Crippen molar-refractivity contribution >= 4 is 22.4 Å². The number of anilines is 1. The molecule has 2 aromatic rings. The van der Waals surface area contributed by atoms with Gasteiger partial charge in [0.1, 0.15) is 0 Å². The van der Waals surface area contributed by atoms with Crippen LogP contribution in [0.5, 0.6) is 0 Å². The Morgan fingerprint density at radius 3 is 2.56 bits per heavy atom. The minimum absolute atomic E-state index is 0.0923. The van der Waals surface area contributed by atoms with Gasteiger partial charge >= 0.3 is 0 Å². The van der Waals surface area contributed by atoms with Gasteiger partial charge in [0.25, 0.3) is 0 Å². The van der Waals surface area contributed by atoms with E-state index >= 15 is 0 Å². The first kappa shape index (κ1) is 19.8. The van der Waals surface area contributed by atoms with Gasteiger partial charge in [-0.2, -0.15) is 0 Å². The molecule has 1 amide bonds. The Morgan fingerprint density at radius 1 is 1.22 bits per heavy atom. The second-order valence-corrected chi connectivity index (χ2v) is 7.86. The maximum atomic E-state index is 12.3. The van der Waals surface area contributed by atoms with E-state index in [2.05, 4.69) is 51.0 Å². The van der Waals surface area contributed by atoms with Gasteiger partial charge in [-0.3, -0.25) is 9.36 Å². The number of piperidine rings is 1. The average molecular weight is 392 g/mol. The molecule has 0 aliphatic carbocycles. The molecule has 2 aromatic heterocycles. The summed E-state index contributed by atoms with van der Waals surface area (Å²) >= 11 is 1.61. The van der Waals surface area contributed by atoms with Crippen LogP contribution >= 0.6 is 11.3 Å². The Morgan fingerprint density at radius 2 is 1.89 bits per heavy atom. The molecule has 3 heterocycles. The van der Waals surface area contributed by atoms with E-state index < -0.39 is 0 Å². The third-order valence-corrected chi connectivity index (χ3v) is 5.94. The van der Waals surface area contributed by atoms with Crippen molar-refractivity contribution in [2.75, 3.05) is 37.7 Å². The highest BCUT2D eigenvalue weighted by Gasteiger charge is 2.26. The first-order valence-electron chi connectivity index (χ1n) is 9.69. The van der Waals surface area contributed by atoms with Gasteiger partial charge in [-0.05, 0) is 52.2 Å². The quantitative estimate of drug-likeness (QED) is 0.701. The van der Waals surface area contributed by atoms with E-state index in [0.29, 0.717) is 13.2 Å². The zero-order valence-corrected chi connectivity index (χ0v) is 17.2. The molecular weight excluding hydrogens is 362 g/mol. The zero-order valence-electron chi connectivity index (χ0n) is 16.4. The van der Waals surface area contributed by atoms with Gasteiger partial charge in [0.15, 0.2) is 0 Å². The molecule has 1 aliphatic rings. The zero-order chi connectivity index (χ0) is 19.2. The van der Waals surface area contributed by atoms with Gasteiger partial charge in [0.05, 0.1) is 0 Å². The van der Waals surface area contributed by atoms with Crippen molar-refractivity contribution in [3.8, 4) is 5.13 Å². The standard InChI is InChI=1S/C19H29N5O2S/c1-4-26-13-5-10-20-17(25)16-8-11-23(12-9-16)18-21-22-19(27-18)24-14(2)6-7-15(24)3/h6-7,16H,4-5,8-13H2,1-3H3,(H,20,25). The van der Waals surface area contributed by atoms with Crippen LogP contribution < -0.4 is 10.2 Å². The predicted octanol–water partition coefficient (Wildman–Crippen LogP) is 2.70. The summed E-state index contributed by atoms with van der Waals surface area (Å²) in [6.45, 7) is 9.93. The summed E-state index contributed by atoms with van der Waals surface area (Å²) in [5.74, 6) is 0.261. The van der Waals surface area contributed by atoms with E-state index in [1.165, 1.54) is 0 Å². The molecule has 0 saturated carbocycles. The number of hydrogen-bond donors (Lipinski definition) is 1. The van der Waals surface area contributed by atoms with Gasteiger partial charge in [0.2, 0.25) is 16.2 Å². The molecule has 1 aliphatic heterocycles. The fraction of sp³-hybridized carbons (Fsp3) is 0.632. The van der Waals surface area contributed by atoms with Gasteiger partial charge in [-0.15, -0.1) is 10.2 Å². The molecule has 1 fully saturated rings. The van der Waals surface area contributed by atoms with E-state index in [9.17, 15) is 4.79 Å².